The largest absolute Gasteiger partial charge is 0.367 e. The molecule has 2 fully saturated rings. The van der Waals surface area contributed by atoms with Gasteiger partial charge >= 0.3 is 0 Å². The highest BCUT2D eigenvalue weighted by atomic mass is 16.5. The maximum atomic E-state index is 12.6. The van der Waals surface area contributed by atoms with Crippen molar-refractivity contribution in [3.8, 4) is 0 Å². The Hall–Kier alpha value is -1.62. The lowest BCUT2D eigenvalue weighted by Gasteiger charge is -2.37. The SMILES string of the molecule is Cc1ccncc1N1CCN(C(=O)C2OC(C)CC2C)CC1. The average Bonchev–Trinajstić information content (AvgIpc) is 2.86. The topological polar surface area (TPSA) is 45.7 Å². The number of amides is 1. The number of hydrogen-bond donors (Lipinski definition) is 0. The van der Waals surface area contributed by atoms with E-state index in [1.165, 1.54) is 11.3 Å². The number of rotatable bonds is 2. The van der Waals surface area contributed by atoms with Gasteiger partial charge in [-0.25, -0.2) is 0 Å². The van der Waals surface area contributed by atoms with Gasteiger partial charge in [0.2, 0.25) is 0 Å². The molecule has 0 spiro atoms. The quantitative estimate of drug-likeness (QED) is 0.836. The molecule has 2 aliphatic rings. The minimum Gasteiger partial charge on any atom is -0.367 e. The van der Waals surface area contributed by atoms with Gasteiger partial charge < -0.3 is 14.5 Å². The van der Waals surface area contributed by atoms with Crippen LogP contribution in [0.25, 0.3) is 0 Å². The van der Waals surface area contributed by atoms with Gasteiger partial charge in [0.05, 0.1) is 18.0 Å². The summed E-state index contributed by atoms with van der Waals surface area (Å²) in [7, 11) is 0. The zero-order valence-corrected chi connectivity index (χ0v) is 13.7. The first-order chi connectivity index (χ1) is 10.6. The Morgan fingerprint density at radius 1 is 1.27 bits per heavy atom. The number of pyridine rings is 1. The highest BCUT2D eigenvalue weighted by Crippen LogP contribution is 2.28. The third kappa shape index (κ3) is 2.95. The highest BCUT2D eigenvalue weighted by molar-refractivity contribution is 5.82. The zero-order chi connectivity index (χ0) is 15.7. The van der Waals surface area contributed by atoms with Crippen LogP contribution < -0.4 is 4.90 Å². The average molecular weight is 303 g/mol. The van der Waals surface area contributed by atoms with Crippen molar-refractivity contribution in [3.05, 3.63) is 24.0 Å². The van der Waals surface area contributed by atoms with Crippen molar-refractivity contribution in [2.75, 3.05) is 31.1 Å². The first-order valence-electron chi connectivity index (χ1n) is 8.16. The summed E-state index contributed by atoms with van der Waals surface area (Å²) in [6.07, 6.45) is 4.66. The summed E-state index contributed by atoms with van der Waals surface area (Å²) < 4.78 is 5.80. The molecule has 3 heterocycles. The molecule has 3 rings (SSSR count). The van der Waals surface area contributed by atoms with E-state index in [9.17, 15) is 4.79 Å². The molecule has 0 saturated carbocycles. The van der Waals surface area contributed by atoms with Gasteiger partial charge in [0.25, 0.3) is 5.91 Å². The van der Waals surface area contributed by atoms with E-state index in [0.717, 1.165) is 32.6 Å². The Labute approximate surface area is 132 Å². The molecule has 0 aliphatic carbocycles. The van der Waals surface area contributed by atoms with Gasteiger partial charge in [-0.1, -0.05) is 6.92 Å². The van der Waals surface area contributed by atoms with Crippen LogP contribution in [0.1, 0.15) is 25.8 Å². The normalized spacial score (nSPS) is 29.0. The molecule has 5 nitrogen and oxygen atoms in total. The third-order valence-corrected chi connectivity index (χ3v) is 4.79. The Kier molecular flexibility index (Phi) is 4.34. The molecule has 0 N–H and O–H groups in total. The second-order valence-corrected chi connectivity index (χ2v) is 6.55. The van der Waals surface area contributed by atoms with Crippen molar-refractivity contribution in [3.63, 3.8) is 0 Å². The summed E-state index contributed by atoms with van der Waals surface area (Å²) in [6.45, 7) is 9.49. The number of ether oxygens (including phenoxy) is 1. The van der Waals surface area contributed by atoms with Gasteiger partial charge in [0.15, 0.2) is 0 Å². The van der Waals surface area contributed by atoms with Crippen LogP contribution in [0.2, 0.25) is 0 Å². The zero-order valence-electron chi connectivity index (χ0n) is 13.7. The predicted octanol–water partition coefficient (Wildman–Crippen LogP) is 1.85. The number of piperazine rings is 1. The van der Waals surface area contributed by atoms with Gasteiger partial charge in [-0.15, -0.1) is 0 Å². The Morgan fingerprint density at radius 3 is 2.59 bits per heavy atom. The van der Waals surface area contributed by atoms with E-state index in [2.05, 4.69) is 23.7 Å². The molecule has 1 aromatic heterocycles. The van der Waals surface area contributed by atoms with E-state index >= 15 is 0 Å². The van der Waals surface area contributed by atoms with E-state index in [1.807, 2.05) is 30.3 Å². The molecule has 5 heteroatoms. The monoisotopic (exact) mass is 303 g/mol. The van der Waals surface area contributed by atoms with Gasteiger partial charge in [-0.2, -0.15) is 0 Å². The minimum absolute atomic E-state index is 0.166. The number of aryl methyl sites for hydroxylation is 1. The lowest BCUT2D eigenvalue weighted by molar-refractivity contribution is -0.144. The summed E-state index contributed by atoms with van der Waals surface area (Å²) in [4.78, 5) is 21.1. The van der Waals surface area contributed by atoms with Gasteiger partial charge in [0, 0.05) is 32.4 Å². The predicted molar refractivity (Wildman–Crippen MR) is 85.9 cm³/mol. The van der Waals surface area contributed by atoms with Crippen LogP contribution in [0.3, 0.4) is 0 Å². The molecule has 3 atom stereocenters. The van der Waals surface area contributed by atoms with Crippen molar-refractivity contribution < 1.29 is 9.53 Å². The maximum absolute atomic E-state index is 12.6. The second kappa shape index (κ2) is 6.24. The fourth-order valence-electron chi connectivity index (χ4n) is 3.52. The van der Waals surface area contributed by atoms with Crippen LogP contribution in [0, 0.1) is 12.8 Å². The Bertz CT molecular complexity index is 540. The van der Waals surface area contributed by atoms with E-state index < -0.39 is 0 Å². The van der Waals surface area contributed by atoms with Crippen molar-refractivity contribution >= 4 is 11.6 Å². The van der Waals surface area contributed by atoms with E-state index in [4.69, 9.17) is 4.74 Å². The summed E-state index contributed by atoms with van der Waals surface area (Å²) >= 11 is 0. The number of carbonyl (C=O) groups excluding carboxylic acids is 1. The Morgan fingerprint density at radius 2 is 2.00 bits per heavy atom. The number of hydrogen-bond acceptors (Lipinski definition) is 4. The molecular formula is C17H25N3O2. The second-order valence-electron chi connectivity index (χ2n) is 6.55. The van der Waals surface area contributed by atoms with Crippen LogP contribution in [-0.4, -0.2) is 54.2 Å². The molecule has 0 bridgehead atoms. The van der Waals surface area contributed by atoms with Crippen molar-refractivity contribution in [1.82, 2.24) is 9.88 Å². The lowest BCUT2D eigenvalue weighted by atomic mass is 10.0. The van der Waals surface area contributed by atoms with E-state index in [0.29, 0.717) is 5.92 Å². The number of anilines is 1. The summed E-state index contributed by atoms with van der Waals surface area (Å²) in [5.74, 6) is 0.487. The smallest absolute Gasteiger partial charge is 0.252 e. The summed E-state index contributed by atoms with van der Waals surface area (Å²) in [6, 6.07) is 2.03. The van der Waals surface area contributed by atoms with Gasteiger partial charge in [0.1, 0.15) is 6.10 Å². The van der Waals surface area contributed by atoms with Crippen LogP contribution in [-0.2, 0) is 9.53 Å². The number of aromatic nitrogens is 1. The first kappa shape index (κ1) is 15.3. The van der Waals surface area contributed by atoms with Crippen LogP contribution in [0.5, 0.6) is 0 Å². The van der Waals surface area contributed by atoms with E-state index in [-0.39, 0.29) is 18.1 Å². The van der Waals surface area contributed by atoms with Crippen molar-refractivity contribution in [2.45, 2.75) is 39.4 Å². The Balaban J connectivity index is 1.60. The third-order valence-electron chi connectivity index (χ3n) is 4.79. The maximum Gasteiger partial charge on any atom is 0.252 e. The molecule has 2 aliphatic heterocycles. The fourth-order valence-corrected chi connectivity index (χ4v) is 3.52. The fraction of sp³-hybridized carbons (Fsp3) is 0.647. The molecule has 0 radical (unpaired) electrons. The molecule has 1 aromatic rings. The molecule has 3 unspecified atom stereocenters. The molecule has 2 saturated heterocycles. The number of nitrogens with zero attached hydrogens (tertiary/aromatic N) is 3. The van der Waals surface area contributed by atoms with Crippen LogP contribution in [0.4, 0.5) is 5.69 Å². The van der Waals surface area contributed by atoms with Gasteiger partial charge in [-0.05, 0) is 37.8 Å². The molecule has 0 aromatic carbocycles. The highest BCUT2D eigenvalue weighted by Gasteiger charge is 2.38. The van der Waals surface area contributed by atoms with E-state index in [1.54, 1.807) is 0 Å². The molecular weight excluding hydrogens is 278 g/mol. The summed E-state index contributed by atoms with van der Waals surface area (Å²) in [5.41, 5.74) is 2.41. The van der Waals surface area contributed by atoms with Crippen LogP contribution in [0.15, 0.2) is 18.5 Å². The molecule has 120 valence electrons. The summed E-state index contributed by atoms with van der Waals surface area (Å²) in [5, 5.41) is 0. The lowest BCUT2D eigenvalue weighted by Crippen LogP contribution is -2.52. The van der Waals surface area contributed by atoms with Crippen molar-refractivity contribution in [1.29, 1.82) is 0 Å². The molecule has 1 amide bonds. The standard InChI is InChI=1S/C17H25N3O2/c1-12-4-5-18-11-15(12)19-6-8-20(9-7-19)17(21)16-13(2)10-14(3)22-16/h4-5,11,13-14,16H,6-10H2,1-3H3. The number of carbonyl (C=O) groups is 1. The minimum atomic E-state index is -0.248. The van der Waals surface area contributed by atoms with Crippen LogP contribution >= 0.6 is 0 Å². The molecule has 22 heavy (non-hydrogen) atoms. The first-order valence-corrected chi connectivity index (χ1v) is 8.16. The van der Waals surface area contributed by atoms with Crippen molar-refractivity contribution in [2.24, 2.45) is 5.92 Å². The van der Waals surface area contributed by atoms with Gasteiger partial charge in [-0.3, -0.25) is 9.78 Å².